The van der Waals surface area contributed by atoms with Gasteiger partial charge in [-0.1, -0.05) is 66.2 Å². The number of nitrogens with one attached hydrogen (secondary N) is 2. The average Bonchev–Trinajstić information content (AvgIpc) is 2.87. The Balaban J connectivity index is 1.23. The molecule has 0 atom stereocenters. The van der Waals surface area contributed by atoms with Gasteiger partial charge < -0.3 is 10.1 Å². The number of hydrogen-bond acceptors (Lipinski definition) is 4. The van der Waals surface area contributed by atoms with Crippen LogP contribution in [0, 0.1) is 6.92 Å². The highest BCUT2D eigenvalue weighted by atomic mass is 16.5. The zero-order valence-electron chi connectivity index (χ0n) is 18.8. The first-order valence-corrected chi connectivity index (χ1v) is 10.9. The Morgan fingerprint density at radius 3 is 2.41 bits per heavy atom. The van der Waals surface area contributed by atoms with E-state index in [4.69, 9.17) is 4.74 Å². The van der Waals surface area contributed by atoms with Crippen LogP contribution in [0.2, 0.25) is 0 Å². The summed E-state index contributed by atoms with van der Waals surface area (Å²) in [7, 11) is 0. The maximum absolute atomic E-state index is 12.5. The summed E-state index contributed by atoms with van der Waals surface area (Å²) >= 11 is 0. The number of carbonyl (C=O) groups is 2. The molecule has 4 rings (SSSR count). The third-order valence-corrected chi connectivity index (χ3v) is 5.25. The number of nitrogens with zero attached hydrogens (tertiary/aromatic N) is 1. The van der Waals surface area contributed by atoms with Crippen molar-refractivity contribution >= 4 is 28.8 Å². The molecule has 6 heteroatoms. The molecular weight excluding hydrogens is 426 g/mol. The Kier molecular flexibility index (Phi) is 7.30. The fraction of sp³-hybridized carbons (Fsp3) is 0.107. The number of aryl methyl sites for hydroxylation is 1. The summed E-state index contributed by atoms with van der Waals surface area (Å²) < 4.78 is 5.79. The molecule has 0 spiro atoms. The molecule has 6 nitrogen and oxygen atoms in total. The normalized spacial score (nSPS) is 10.9. The third kappa shape index (κ3) is 6.07. The summed E-state index contributed by atoms with van der Waals surface area (Å²) in [5, 5.41) is 8.40. The van der Waals surface area contributed by atoms with Gasteiger partial charge in [0.1, 0.15) is 12.4 Å². The van der Waals surface area contributed by atoms with Crippen LogP contribution in [0.15, 0.2) is 96.1 Å². The molecule has 4 aromatic rings. The first-order valence-electron chi connectivity index (χ1n) is 10.9. The summed E-state index contributed by atoms with van der Waals surface area (Å²) in [4.78, 5) is 24.6. The van der Waals surface area contributed by atoms with Crippen molar-refractivity contribution < 1.29 is 14.3 Å². The second kappa shape index (κ2) is 10.9. The molecule has 0 aromatic heterocycles. The summed E-state index contributed by atoms with van der Waals surface area (Å²) in [5.74, 6) is 0.0259. The maximum atomic E-state index is 12.5. The molecule has 2 N–H and O–H groups in total. The molecule has 0 aliphatic rings. The minimum atomic E-state index is -0.414. The third-order valence-electron chi connectivity index (χ3n) is 5.25. The number of benzene rings is 4. The Morgan fingerprint density at radius 1 is 0.882 bits per heavy atom. The number of carbonyl (C=O) groups excluding carboxylic acids is 2. The Labute approximate surface area is 198 Å². The summed E-state index contributed by atoms with van der Waals surface area (Å²) in [6.45, 7) is 2.37. The van der Waals surface area contributed by atoms with E-state index in [1.165, 1.54) is 11.8 Å². The van der Waals surface area contributed by atoms with Crippen molar-refractivity contribution in [1.82, 2.24) is 10.7 Å². The van der Waals surface area contributed by atoms with Crippen LogP contribution in [-0.2, 0) is 11.4 Å². The van der Waals surface area contributed by atoms with E-state index >= 15 is 0 Å². The molecule has 0 aliphatic carbocycles. The van der Waals surface area contributed by atoms with Crippen LogP contribution in [0.5, 0.6) is 5.75 Å². The van der Waals surface area contributed by atoms with Crippen LogP contribution < -0.4 is 15.5 Å². The highest BCUT2D eigenvalue weighted by Gasteiger charge is 2.10. The molecule has 4 aromatic carbocycles. The zero-order chi connectivity index (χ0) is 23.8. The van der Waals surface area contributed by atoms with Crippen LogP contribution in [0.3, 0.4) is 0 Å². The first-order chi connectivity index (χ1) is 16.6. The van der Waals surface area contributed by atoms with Gasteiger partial charge in [-0.3, -0.25) is 9.59 Å². The van der Waals surface area contributed by atoms with E-state index in [2.05, 4.69) is 34.9 Å². The average molecular weight is 452 g/mol. The van der Waals surface area contributed by atoms with Gasteiger partial charge in [-0.25, -0.2) is 5.43 Å². The SMILES string of the molecule is Cc1ccc(COc2ccc(/C=N\NC(=O)CNC(=O)c3cccc4ccccc34)cc2)cc1. The monoisotopic (exact) mass is 451 g/mol. The fourth-order valence-electron chi connectivity index (χ4n) is 3.40. The predicted octanol–water partition coefficient (Wildman–Crippen LogP) is 4.61. The molecule has 0 saturated heterocycles. The van der Waals surface area contributed by atoms with Gasteiger partial charge in [0.25, 0.3) is 11.8 Å². The molecule has 0 fully saturated rings. The minimum Gasteiger partial charge on any atom is -0.489 e. The lowest BCUT2D eigenvalue weighted by Crippen LogP contribution is -2.35. The number of fused-ring (bicyclic) bond motifs is 1. The van der Waals surface area contributed by atoms with Crippen molar-refractivity contribution in [2.24, 2.45) is 5.10 Å². The van der Waals surface area contributed by atoms with E-state index in [9.17, 15) is 9.59 Å². The minimum absolute atomic E-state index is 0.175. The highest BCUT2D eigenvalue weighted by Crippen LogP contribution is 2.18. The second-order valence-electron chi connectivity index (χ2n) is 7.85. The smallest absolute Gasteiger partial charge is 0.259 e. The van der Waals surface area contributed by atoms with E-state index in [-0.39, 0.29) is 12.5 Å². The van der Waals surface area contributed by atoms with E-state index < -0.39 is 5.91 Å². The molecule has 0 aliphatic heterocycles. The molecule has 170 valence electrons. The van der Waals surface area contributed by atoms with Crippen LogP contribution in [-0.4, -0.2) is 24.6 Å². The highest BCUT2D eigenvalue weighted by molar-refractivity contribution is 6.07. The predicted molar refractivity (Wildman–Crippen MR) is 134 cm³/mol. The zero-order valence-corrected chi connectivity index (χ0v) is 18.8. The second-order valence-corrected chi connectivity index (χ2v) is 7.85. The van der Waals surface area contributed by atoms with Gasteiger partial charge in [0.05, 0.1) is 12.8 Å². The Hall–Kier alpha value is -4.45. The molecule has 0 saturated carbocycles. The van der Waals surface area contributed by atoms with Crippen molar-refractivity contribution in [1.29, 1.82) is 0 Å². The van der Waals surface area contributed by atoms with Crippen molar-refractivity contribution in [2.45, 2.75) is 13.5 Å². The Bertz CT molecular complexity index is 1310. The summed E-state index contributed by atoms with van der Waals surface area (Å²) in [5.41, 5.74) is 6.08. The number of hydrogen-bond donors (Lipinski definition) is 2. The fourth-order valence-corrected chi connectivity index (χ4v) is 3.40. The van der Waals surface area contributed by atoms with Gasteiger partial charge in [-0.15, -0.1) is 0 Å². The topological polar surface area (TPSA) is 79.8 Å². The van der Waals surface area contributed by atoms with Gasteiger partial charge >= 0.3 is 0 Å². The van der Waals surface area contributed by atoms with Crippen LogP contribution in [0.4, 0.5) is 0 Å². The Morgan fingerprint density at radius 2 is 1.62 bits per heavy atom. The van der Waals surface area contributed by atoms with Gasteiger partial charge in [-0.2, -0.15) is 5.10 Å². The lowest BCUT2D eigenvalue weighted by atomic mass is 10.0. The van der Waals surface area contributed by atoms with Gasteiger partial charge in [-0.05, 0) is 59.2 Å². The number of ether oxygens (including phenoxy) is 1. The summed E-state index contributed by atoms with van der Waals surface area (Å²) in [6.07, 6.45) is 1.54. The molecule has 0 heterocycles. The maximum Gasteiger partial charge on any atom is 0.259 e. The van der Waals surface area contributed by atoms with E-state index in [0.717, 1.165) is 27.6 Å². The lowest BCUT2D eigenvalue weighted by molar-refractivity contribution is -0.120. The van der Waals surface area contributed by atoms with Gasteiger partial charge in [0, 0.05) is 5.56 Å². The van der Waals surface area contributed by atoms with E-state index in [0.29, 0.717) is 12.2 Å². The van der Waals surface area contributed by atoms with Crippen molar-refractivity contribution in [3.05, 3.63) is 113 Å². The van der Waals surface area contributed by atoms with Crippen LogP contribution in [0.25, 0.3) is 10.8 Å². The number of rotatable bonds is 8. The molecule has 0 unspecified atom stereocenters. The van der Waals surface area contributed by atoms with E-state index in [1.54, 1.807) is 6.07 Å². The van der Waals surface area contributed by atoms with E-state index in [1.807, 2.05) is 72.8 Å². The molecule has 0 bridgehead atoms. The number of amides is 2. The van der Waals surface area contributed by atoms with Crippen molar-refractivity contribution in [3.63, 3.8) is 0 Å². The molecule has 0 radical (unpaired) electrons. The standard InChI is InChI=1S/C28H25N3O3/c1-20-9-11-22(12-10-20)19-34-24-15-13-21(14-16-24)17-30-31-27(32)18-29-28(33)26-8-4-6-23-5-2-3-7-25(23)26/h2-17H,18-19H2,1H3,(H,29,33)(H,31,32)/b30-17-. The first kappa shape index (κ1) is 22.7. The largest absolute Gasteiger partial charge is 0.489 e. The van der Waals surface area contributed by atoms with Crippen molar-refractivity contribution in [2.75, 3.05) is 6.54 Å². The lowest BCUT2D eigenvalue weighted by Gasteiger charge is -2.07. The summed E-state index contributed by atoms with van der Waals surface area (Å²) in [6, 6.07) is 28.7. The van der Waals surface area contributed by atoms with Crippen molar-refractivity contribution in [3.8, 4) is 5.75 Å². The van der Waals surface area contributed by atoms with Crippen LogP contribution >= 0.6 is 0 Å². The van der Waals surface area contributed by atoms with Gasteiger partial charge in [0.15, 0.2) is 0 Å². The quantitative estimate of drug-likeness (QED) is 0.303. The number of hydrazone groups is 1. The van der Waals surface area contributed by atoms with Crippen LogP contribution in [0.1, 0.15) is 27.0 Å². The van der Waals surface area contributed by atoms with Gasteiger partial charge in [0.2, 0.25) is 0 Å². The molecule has 2 amide bonds. The molecular formula is C28H25N3O3. The molecule has 34 heavy (non-hydrogen) atoms.